The third-order valence-corrected chi connectivity index (χ3v) is 5.27. The summed E-state index contributed by atoms with van der Waals surface area (Å²) in [5.41, 5.74) is 5.93. The van der Waals surface area contributed by atoms with Crippen LogP contribution in [0.2, 0.25) is 0 Å². The highest BCUT2D eigenvalue weighted by Crippen LogP contribution is 2.40. The minimum Gasteiger partial charge on any atom is -0.330 e. The van der Waals surface area contributed by atoms with Crippen LogP contribution >= 0.6 is 0 Å². The van der Waals surface area contributed by atoms with Crippen molar-refractivity contribution in [3.8, 4) is 0 Å². The number of hydrogen-bond acceptors (Lipinski definition) is 2. The van der Waals surface area contributed by atoms with Crippen molar-refractivity contribution in [2.75, 3.05) is 13.1 Å². The molecule has 17 heavy (non-hydrogen) atoms. The van der Waals surface area contributed by atoms with Gasteiger partial charge in [0.15, 0.2) is 0 Å². The fourth-order valence-corrected chi connectivity index (χ4v) is 3.94. The highest BCUT2D eigenvalue weighted by molar-refractivity contribution is 4.94. The SMILES string of the molecule is CCN(C1CC(C(C)C)C1)C1CCCC1CN. The summed E-state index contributed by atoms with van der Waals surface area (Å²) in [6.07, 6.45) is 7.00. The minimum atomic E-state index is 0.771. The summed E-state index contributed by atoms with van der Waals surface area (Å²) < 4.78 is 0. The first-order valence-electron chi connectivity index (χ1n) is 7.63. The second-order valence-electron chi connectivity index (χ2n) is 6.45. The van der Waals surface area contributed by atoms with Gasteiger partial charge in [0.25, 0.3) is 0 Å². The van der Waals surface area contributed by atoms with Gasteiger partial charge in [0.1, 0.15) is 0 Å². The van der Waals surface area contributed by atoms with Gasteiger partial charge in [-0.3, -0.25) is 4.90 Å². The molecule has 0 aromatic heterocycles. The Morgan fingerprint density at radius 1 is 1.24 bits per heavy atom. The van der Waals surface area contributed by atoms with Gasteiger partial charge in [0.05, 0.1) is 0 Å². The van der Waals surface area contributed by atoms with E-state index in [1.807, 2.05) is 0 Å². The molecule has 2 saturated carbocycles. The molecule has 0 heterocycles. The number of rotatable bonds is 5. The van der Waals surface area contributed by atoms with Crippen molar-refractivity contribution in [3.05, 3.63) is 0 Å². The van der Waals surface area contributed by atoms with Crippen LogP contribution < -0.4 is 5.73 Å². The second-order valence-corrected chi connectivity index (χ2v) is 6.45. The largest absolute Gasteiger partial charge is 0.330 e. The van der Waals surface area contributed by atoms with Crippen LogP contribution in [0.1, 0.15) is 52.9 Å². The van der Waals surface area contributed by atoms with Crippen LogP contribution in [0.4, 0.5) is 0 Å². The topological polar surface area (TPSA) is 29.3 Å². The van der Waals surface area contributed by atoms with Crippen LogP contribution in [0.15, 0.2) is 0 Å². The van der Waals surface area contributed by atoms with Crippen LogP contribution in [-0.4, -0.2) is 30.1 Å². The lowest BCUT2D eigenvalue weighted by molar-refractivity contribution is 0.0175. The Kier molecular flexibility index (Phi) is 4.48. The van der Waals surface area contributed by atoms with E-state index >= 15 is 0 Å². The Morgan fingerprint density at radius 3 is 2.47 bits per heavy atom. The molecule has 2 fully saturated rings. The molecule has 2 unspecified atom stereocenters. The van der Waals surface area contributed by atoms with E-state index in [-0.39, 0.29) is 0 Å². The quantitative estimate of drug-likeness (QED) is 0.798. The smallest absolute Gasteiger partial charge is 0.0138 e. The van der Waals surface area contributed by atoms with Gasteiger partial charge in [-0.15, -0.1) is 0 Å². The zero-order chi connectivity index (χ0) is 12.4. The number of hydrogen-bond donors (Lipinski definition) is 1. The molecule has 0 bridgehead atoms. The molecule has 0 saturated heterocycles. The minimum absolute atomic E-state index is 0.771. The van der Waals surface area contributed by atoms with Crippen LogP contribution in [0.3, 0.4) is 0 Å². The third-order valence-electron chi connectivity index (χ3n) is 5.27. The third kappa shape index (κ3) is 2.68. The molecule has 2 aliphatic rings. The molecule has 2 heteroatoms. The van der Waals surface area contributed by atoms with Crippen LogP contribution in [0.25, 0.3) is 0 Å². The van der Waals surface area contributed by atoms with E-state index < -0.39 is 0 Å². The molecule has 0 radical (unpaired) electrons. The summed E-state index contributed by atoms with van der Waals surface area (Å²) >= 11 is 0. The fraction of sp³-hybridized carbons (Fsp3) is 1.00. The number of nitrogens with zero attached hydrogens (tertiary/aromatic N) is 1. The summed E-state index contributed by atoms with van der Waals surface area (Å²) in [6, 6.07) is 1.66. The first-order chi connectivity index (χ1) is 8.17. The Morgan fingerprint density at radius 2 is 1.94 bits per heavy atom. The van der Waals surface area contributed by atoms with Crippen LogP contribution in [0, 0.1) is 17.8 Å². The van der Waals surface area contributed by atoms with Gasteiger partial charge in [0.2, 0.25) is 0 Å². The molecule has 0 amide bonds. The Hall–Kier alpha value is -0.0800. The molecule has 2 N–H and O–H groups in total. The molecular formula is C15H30N2. The maximum absolute atomic E-state index is 5.93. The van der Waals surface area contributed by atoms with E-state index in [0.29, 0.717) is 0 Å². The highest BCUT2D eigenvalue weighted by Gasteiger charge is 2.40. The maximum atomic E-state index is 5.93. The zero-order valence-corrected chi connectivity index (χ0v) is 11.9. The molecule has 0 aliphatic heterocycles. The lowest BCUT2D eigenvalue weighted by Gasteiger charge is -2.48. The summed E-state index contributed by atoms with van der Waals surface area (Å²) in [7, 11) is 0. The van der Waals surface area contributed by atoms with Crippen LogP contribution in [0.5, 0.6) is 0 Å². The van der Waals surface area contributed by atoms with Gasteiger partial charge in [-0.05, 0) is 56.5 Å². The standard InChI is InChI=1S/C15H30N2/c1-4-17(14-8-13(9-14)11(2)3)15-7-5-6-12(15)10-16/h11-15H,4-10,16H2,1-3H3. The van der Waals surface area contributed by atoms with E-state index in [1.54, 1.807) is 0 Å². The van der Waals surface area contributed by atoms with Crippen molar-refractivity contribution in [1.29, 1.82) is 0 Å². The predicted molar refractivity (Wildman–Crippen MR) is 73.9 cm³/mol. The molecule has 2 aliphatic carbocycles. The van der Waals surface area contributed by atoms with E-state index in [1.165, 1.54) is 38.6 Å². The first-order valence-corrected chi connectivity index (χ1v) is 7.63. The van der Waals surface area contributed by atoms with Crippen molar-refractivity contribution in [2.24, 2.45) is 23.5 Å². The van der Waals surface area contributed by atoms with Crippen molar-refractivity contribution in [3.63, 3.8) is 0 Å². The number of nitrogens with two attached hydrogens (primary N) is 1. The summed E-state index contributed by atoms with van der Waals surface area (Å²) in [4.78, 5) is 2.78. The normalized spacial score (nSPS) is 37.8. The average Bonchev–Trinajstić information content (AvgIpc) is 2.69. The van der Waals surface area contributed by atoms with E-state index in [4.69, 9.17) is 5.73 Å². The van der Waals surface area contributed by atoms with E-state index in [2.05, 4.69) is 25.7 Å². The van der Waals surface area contributed by atoms with Crippen molar-refractivity contribution >= 4 is 0 Å². The molecule has 2 nitrogen and oxygen atoms in total. The van der Waals surface area contributed by atoms with E-state index in [9.17, 15) is 0 Å². The molecule has 100 valence electrons. The maximum Gasteiger partial charge on any atom is 0.0138 e. The molecular weight excluding hydrogens is 208 g/mol. The van der Waals surface area contributed by atoms with Crippen LogP contribution in [-0.2, 0) is 0 Å². The van der Waals surface area contributed by atoms with Gasteiger partial charge in [-0.1, -0.05) is 27.2 Å². The van der Waals surface area contributed by atoms with Gasteiger partial charge in [-0.2, -0.15) is 0 Å². The average molecular weight is 238 g/mol. The van der Waals surface area contributed by atoms with Crippen molar-refractivity contribution < 1.29 is 0 Å². The van der Waals surface area contributed by atoms with E-state index in [0.717, 1.165) is 36.4 Å². The Bertz CT molecular complexity index is 233. The van der Waals surface area contributed by atoms with Crippen molar-refractivity contribution in [2.45, 2.75) is 65.0 Å². The molecule has 0 aromatic rings. The van der Waals surface area contributed by atoms with Gasteiger partial charge >= 0.3 is 0 Å². The summed E-state index contributed by atoms with van der Waals surface area (Å²) in [6.45, 7) is 9.18. The summed E-state index contributed by atoms with van der Waals surface area (Å²) in [5, 5.41) is 0. The first kappa shape index (κ1) is 13.4. The Labute approximate surface area is 107 Å². The zero-order valence-electron chi connectivity index (χ0n) is 11.9. The second kappa shape index (κ2) is 5.71. The molecule has 0 aromatic carbocycles. The predicted octanol–water partition coefficient (Wildman–Crippen LogP) is 2.87. The van der Waals surface area contributed by atoms with Gasteiger partial charge in [-0.25, -0.2) is 0 Å². The lowest BCUT2D eigenvalue weighted by Crippen LogP contribution is -2.52. The summed E-state index contributed by atoms with van der Waals surface area (Å²) in [5.74, 6) is 2.62. The van der Waals surface area contributed by atoms with Gasteiger partial charge in [0, 0.05) is 12.1 Å². The van der Waals surface area contributed by atoms with Crippen molar-refractivity contribution in [1.82, 2.24) is 4.90 Å². The lowest BCUT2D eigenvalue weighted by atomic mass is 9.72. The molecule has 2 atom stereocenters. The highest BCUT2D eigenvalue weighted by atomic mass is 15.2. The van der Waals surface area contributed by atoms with Gasteiger partial charge < -0.3 is 5.73 Å². The molecule has 0 spiro atoms. The molecule has 2 rings (SSSR count). The monoisotopic (exact) mass is 238 g/mol. The fourth-order valence-electron chi connectivity index (χ4n) is 3.94. The Balaban J connectivity index is 1.89.